The Morgan fingerprint density at radius 1 is 1.10 bits per heavy atom. The van der Waals surface area contributed by atoms with Crippen LogP contribution in [0.25, 0.3) is 0 Å². The fraction of sp³-hybridized carbons (Fsp3) is 0.625. The molecule has 1 unspecified atom stereocenters. The molecule has 1 saturated heterocycles. The van der Waals surface area contributed by atoms with Gasteiger partial charge >= 0.3 is 8.80 Å². The third-order valence-corrected chi connectivity index (χ3v) is 7.23. The Kier molecular flexibility index (Phi) is 5.95. The first kappa shape index (κ1) is 16.6. The summed E-state index contributed by atoms with van der Waals surface area (Å²) in [5.41, 5.74) is 2.65. The molecule has 0 radical (unpaired) electrons. The SMILES string of the molecule is CCN1CCC(c2ccc(C[Si](OC)(OC)OC)cc2)C1. The summed E-state index contributed by atoms with van der Waals surface area (Å²) in [5.74, 6) is 0.674. The lowest BCUT2D eigenvalue weighted by molar-refractivity contribution is 0.122. The molecule has 1 aliphatic heterocycles. The lowest BCUT2D eigenvalue weighted by Gasteiger charge is -2.24. The molecule has 1 aromatic carbocycles. The van der Waals surface area contributed by atoms with Crippen LogP contribution in [0, 0.1) is 0 Å². The zero-order chi connectivity index (χ0) is 15.3. The molecule has 5 heteroatoms. The minimum absolute atomic E-state index is 0.674. The zero-order valence-corrected chi connectivity index (χ0v) is 14.6. The molecule has 0 N–H and O–H groups in total. The Labute approximate surface area is 129 Å². The number of hydrogen-bond donors (Lipinski definition) is 0. The predicted octanol–water partition coefficient (Wildman–Crippen LogP) is 2.46. The molecule has 1 fully saturated rings. The van der Waals surface area contributed by atoms with Gasteiger partial charge in [0.2, 0.25) is 0 Å². The normalized spacial score (nSPS) is 20.1. The maximum Gasteiger partial charge on any atom is 0.504 e. The van der Waals surface area contributed by atoms with Crippen LogP contribution in [0.3, 0.4) is 0 Å². The molecule has 0 aliphatic carbocycles. The second-order valence-electron chi connectivity index (χ2n) is 5.59. The van der Waals surface area contributed by atoms with E-state index >= 15 is 0 Å². The van der Waals surface area contributed by atoms with Gasteiger partial charge < -0.3 is 18.2 Å². The Hall–Kier alpha value is -0.723. The van der Waals surface area contributed by atoms with Crippen molar-refractivity contribution in [3.05, 3.63) is 35.4 Å². The molecular formula is C16H27NO3Si. The van der Waals surface area contributed by atoms with Crippen LogP contribution in [0.1, 0.15) is 30.4 Å². The number of benzene rings is 1. The van der Waals surface area contributed by atoms with Gasteiger partial charge in [-0.25, -0.2) is 0 Å². The first-order chi connectivity index (χ1) is 10.2. The monoisotopic (exact) mass is 309 g/mol. The van der Waals surface area contributed by atoms with Gasteiger partial charge in [-0.15, -0.1) is 0 Å². The highest BCUT2D eigenvalue weighted by atomic mass is 28.4. The molecule has 118 valence electrons. The molecule has 1 aromatic rings. The first-order valence-corrected chi connectivity index (χ1v) is 9.56. The van der Waals surface area contributed by atoms with Crippen LogP contribution in [0.15, 0.2) is 24.3 Å². The number of nitrogens with zero attached hydrogens (tertiary/aromatic N) is 1. The second-order valence-corrected chi connectivity index (χ2v) is 8.54. The maximum absolute atomic E-state index is 5.49. The molecule has 0 aromatic heterocycles. The van der Waals surface area contributed by atoms with E-state index in [4.69, 9.17) is 13.3 Å². The molecule has 0 amide bonds. The molecule has 2 rings (SSSR count). The highest BCUT2D eigenvalue weighted by Crippen LogP contribution is 2.27. The second kappa shape index (κ2) is 7.51. The molecule has 0 saturated carbocycles. The van der Waals surface area contributed by atoms with E-state index in [-0.39, 0.29) is 0 Å². The minimum Gasteiger partial charge on any atom is -0.377 e. The van der Waals surface area contributed by atoms with Gasteiger partial charge in [-0.2, -0.15) is 0 Å². The summed E-state index contributed by atoms with van der Waals surface area (Å²) in [7, 11) is 2.44. The van der Waals surface area contributed by atoms with Crippen LogP contribution in [0.2, 0.25) is 0 Å². The van der Waals surface area contributed by atoms with Crippen LogP contribution in [-0.4, -0.2) is 54.7 Å². The highest BCUT2D eigenvalue weighted by molar-refractivity contribution is 6.60. The summed E-state index contributed by atoms with van der Waals surface area (Å²) in [4.78, 5) is 2.51. The topological polar surface area (TPSA) is 30.9 Å². The van der Waals surface area contributed by atoms with E-state index in [0.717, 1.165) is 6.54 Å². The summed E-state index contributed by atoms with van der Waals surface area (Å²) in [6.07, 6.45) is 1.26. The summed E-state index contributed by atoms with van der Waals surface area (Å²) >= 11 is 0. The molecule has 4 nitrogen and oxygen atoms in total. The van der Waals surface area contributed by atoms with Crippen molar-refractivity contribution in [1.29, 1.82) is 0 Å². The summed E-state index contributed by atoms with van der Waals surface area (Å²) < 4.78 is 16.5. The van der Waals surface area contributed by atoms with Crippen LogP contribution < -0.4 is 0 Å². The number of rotatable bonds is 7. The Morgan fingerprint density at radius 2 is 1.71 bits per heavy atom. The zero-order valence-electron chi connectivity index (χ0n) is 13.6. The van der Waals surface area contributed by atoms with Crippen molar-refractivity contribution in [2.45, 2.75) is 25.3 Å². The molecule has 0 bridgehead atoms. The van der Waals surface area contributed by atoms with Crippen LogP contribution >= 0.6 is 0 Å². The number of hydrogen-bond acceptors (Lipinski definition) is 4. The van der Waals surface area contributed by atoms with Crippen molar-refractivity contribution in [3.63, 3.8) is 0 Å². The minimum atomic E-state index is -2.53. The molecule has 1 aliphatic rings. The standard InChI is InChI=1S/C16H27NO3Si/c1-5-17-11-10-16(12-17)15-8-6-14(7-9-15)13-21(18-2,19-3)20-4/h6-9,16H,5,10-13H2,1-4H3. The van der Waals surface area contributed by atoms with Gasteiger partial charge in [-0.3, -0.25) is 0 Å². The smallest absolute Gasteiger partial charge is 0.377 e. The molecular weight excluding hydrogens is 282 g/mol. The Bertz CT molecular complexity index is 425. The van der Waals surface area contributed by atoms with E-state index < -0.39 is 8.80 Å². The van der Waals surface area contributed by atoms with E-state index in [0.29, 0.717) is 12.0 Å². The van der Waals surface area contributed by atoms with Crippen LogP contribution in [0.4, 0.5) is 0 Å². The summed E-state index contributed by atoms with van der Waals surface area (Å²) in [6, 6.07) is 9.58. The van der Waals surface area contributed by atoms with E-state index in [1.54, 1.807) is 21.3 Å². The lowest BCUT2D eigenvalue weighted by Crippen LogP contribution is -2.45. The quantitative estimate of drug-likeness (QED) is 0.724. The highest BCUT2D eigenvalue weighted by Gasteiger charge is 2.38. The van der Waals surface area contributed by atoms with Crippen LogP contribution in [-0.2, 0) is 19.3 Å². The largest absolute Gasteiger partial charge is 0.504 e. The van der Waals surface area contributed by atoms with E-state index in [9.17, 15) is 0 Å². The Balaban J connectivity index is 2.02. The number of likely N-dealkylation sites (N-methyl/N-ethyl adjacent to an activating group) is 1. The number of likely N-dealkylation sites (tertiary alicyclic amines) is 1. The van der Waals surface area contributed by atoms with Crippen molar-refractivity contribution in [3.8, 4) is 0 Å². The predicted molar refractivity (Wildman–Crippen MR) is 86.4 cm³/mol. The van der Waals surface area contributed by atoms with E-state index in [1.165, 1.54) is 30.6 Å². The van der Waals surface area contributed by atoms with Gasteiger partial charge in [0.05, 0.1) is 0 Å². The van der Waals surface area contributed by atoms with Gasteiger partial charge in [0.1, 0.15) is 0 Å². The third kappa shape index (κ3) is 3.93. The van der Waals surface area contributed by atoms with Crippen molar-refractivity contribution >= 4 is 8.80 Å². The van der Waals surface area contributed by atoms with Crippen molar-refractivity contribution in [1.82, 2.24) is 4.90 Å². The fourth-order valence-electron chi connectivity index (χ4n) is 3.02. The molecule has 21 heavy (non-hydrogen) atoms. The van der Waals surface area contributed by atoms with Crippen molar-refractivity contribution in [2.75, 3.05) is 41.0 Å². The van der Waals surface area contributed by atoms with E-state index in [2.05, 4.69) is 36.1 Å². The molecule has 1 heterocycles. The average molecular weight is 309 g/mol. The van der Waals surface area contributed by atoms with Gasteiger partial charge in [0.25, 0.3) is 0 Å². The van der Waals surface area contributed by atoms with Crippen molar-refractivity contribution in [2.24, 2.45) is 0 Å². The van der Waals surface area contributed by atoms with Crippen molar-refractivity contribution < 1.29 is 13.3 Å². The maximum atomic E-state index is 5.49. The summed E-state index contributed by atoms with van der Waals surface area (Å²) in [5, 5.41) is 0. The van der Waals surface area contributed by atoms with Gasteiger partial charge in [0, 0.05) is 33.9 Å². The molecule has 0 spiro atoms. The van der Waals surface area contributed by atoms with E-state index in [1.807, 2.05) is 0 Å². The van der Waals surface area contributed by atoms with Gasteiger partial charge in [0.15, 0.2) is 0 Å². The Morgan fingerprint density at radius 3 is 2.19 bits per heavy atom. The summed E-state index contributed by atoms with van der Waals surface area (Å²) in [6.45, 7) is 5.78. The lowest BCUT2D eigenvalue weighted by atomic mass is 9.97. The average Bonchev–Trinajstić information content (AvgIpc) is 3.02. The first-order valence-electron chi connectivity index (χ1n) is 7.63. The van der Waals surface area contributed by atoms with Crippen LogP contribution in [0.5, 0.6) is 0 Å². The van der Waals surface area contributed by atoms with Gasteiger partial charge in [-0.1, -0.05) is 31.2 Å². The third-order valence-electron chi connectivity index (χ3n) is 4.52. The fourth-order valence-corrected chi connectivity index (χ4v) is 4.68. The van der Waals surface area contributed by atoms with Gasteiger partial charge in [-0.05, 0) is 36.6 Å². The molecule has 1 atom stereocenters.